The van der Waals surface area contributed by atoms with Crippen LogP contribution in [0.2, 0.25) is 0 Å². The van der Waals surface area contributed by atoms with Gasteiger partial charge in [-0.2, -0.15) is 0 Å². The maximum atomic E-state index is 14.7. The first kappa shape index (κ1) is 61.0. The molecule has 432 valence electrons. The predicted molar refractivity (Wildman–Crippen MR) is 301 cm³/mol. The minimum atomic E-state index is -1.98. The number of unbranched alkanes of at least 4 members (excludes halogenated alkanes) is 2. The number of aromatic nitrogens is 1. The molecule has 80 heavy (non-hydrogen) atoms. The van der Waals surface area contributed by atoms with E-state index < -0.39 is 71.0 Å². The number of hydrogen-bond acceptors (Lipinski definition) is 13. The first-order valence-electron chi connectivity index (χ1n) is 27.8. The molecule has 2 fully saturated rings. The maximum Gasteiger partial charge on any atom is 0.300 e. The van der Waals surface area contributed by atoms with Crippen molar-refractivity contribution in [3.05, 3.63) is 99.7 Å². The molecule has 7 atom stereocenters. The average Bonchev–Trinajstić information content (AvgIpc) is 3.72. The number of aryl methyl sites for hydroxylation is 3. The summed E-state index contributed by atoms with van der Waals surface area (Å²) < 4.78 is 27.5. The van der Waals surface area contributed by atoms with Crippen molar-refractivity contribution in [3.63, 3.8) is 0 Å². The van der Waals surface area contributed by atoms with E-state index in [2.05, 4.69) is 27.8 Å². The molecule has 3 aromatic carbocycles. The molecular weight excluding hydrogens is 1050 g/mol. The number of ether oxygens (including phenoxy) is 2. The van der Waals surface area contributed by atoms with Gasteiger partial charge in [-0.05, 0) is 117 Å². The number of primary amides is 1. The van der Waals surface area contributed by atoms with Crippen LogP contribution < -0.4 is 31.7 Å². The van der Waals surface area contributed by atoms with Gasteiger partial charge in [0.1, 0.15) is 17.8 Å². The van der Waals surface area contributed by atoms with E-state index in [0.29, 0.717) is 44.6 Å². The summed E-state index contributed by atoms with van der Waals surface area (Å²) in [5.74, 6) is -3.11. The van der Waals surface area contributed by atoms with E-state index in [-0.39, 0.29) is 68.9 Å². The standard InChI is InChI=1S/C58H74FN7O9S.C2H4O2/c1-34-51(76-33-63-34)41-17-18-42(30-62-53(70)46-29-43(67)31-65(46)55(72)52(57(3,4)5)64-56(73)58(59)23-24-58)48(28-41)74-25-8-6-7-10-36-13-15-37(16-14-36)32-75-35(2)39(20-22-49(61)69)27-47(68)45-26-40-12-9-11-38-19-21-44(60)54(71)66(45)50(38)40;1-2(3)4/h9,11-18,28,33,35,39,43-46,52,67H,6-8,10,19-27,29-32,60H2,1-5H3,(H2,61,69)(H,62,70)(H,64,73);1H3,(H,3,4)/t35-,39-,43-,44+,45+,46+,52-;/m1./s1. The number of aliphatic carboxylic acids is 1. The minimum absolute atomic E-state index is 0.0193. The number of thiazole rings is 1. The second-order valence-electron chi connectivity index (χ2n) is 22.9. The molecule has 0 bridgehead atoms. The fourth-order valence-electron chi connectivity index (χ4n) is 10.7. The third kappa shape index (κ3) is 15.6. The number of nitrogens with two attached hydrogens (primary N) is 2. The van der Waals surface area contributed by atoms with Crippen LogP contribution in [0.1, 0.15) is 132 Å². The van der Waals surface area contributed by atoms with Gasteiger partial charge in [-0.1, -0.05) is 75.4 Å². The lowest BCUT2D eigenvalue weighted by molar-refractivity contribution is -0.145. The number of carbonyl (C=O) groups is 7. The molecule has 1 aliphatic carbocycles. The highest BCUT2D eigenvalue weighted by molar-refractivity contribution is 7.13. The molecule has 1 saturated heterocycles. The summed E-state index contributed by atoms with van der Waals surface area (Å²) in [6, 6.07) is 16.6. The Morgan fingerprint density at radius 2 is 1.69 bits per heavy atom. The van der Waals surface area contributed by atoms with Gasteiger partial charge in [0, 0.05) is 51.3 Å². The van der Waals surface area contributed by atoms with Crippen molar-refractivity contribution in [2.45, 2.75) is 180 Å². The first-order valence-corrected chi connectivity index (χ1v) is 28.6. The summed E-state index contributed by atoms with van der Waals surface area (Å²) in [6.07, 6.45) is 4.63. The fraction of sp³-hybridized carbons (Fsp3) is 0.533. The number of ketones is 1. The Hall–Kier alpha value is -6.61. The van der Waals surface area contributed by atoms with Crippen LogP contribution in [0.3, 0.4) is 0 Å². The first-order chi connectivity index (χ1) is 37.9. The van der Waals surface area contributed by atoms with Crippen LogP contribution in [0.5, 0.6) is 5.75 Å². The number of aliphatic hydroxyl groups excluding tert-OH is 1. The summed E-state index contributed by atoms with van der Waals surface area (Å²) >= 11 is 1.53. The van der Waals surface area contributed by atoms with Crippen LogP contribution >= 0.6 is 11.3 Å². The van der Waals surface area contributed by atoms with Crippen LogP contribution in [-0.2, 0) is 70.7 Å². The third-order valence-electron chi connectivity index (χ3n) is 15.5. The number of rotatable bonds is 24. The highest BCUT2D eigenvalue weighted by atomic mass is 32.1. The van der Waals surface area contributed by atoms with Gasteiger partial charge >= 0.3 is 0 Å². The van der Waals surface area contributed by atoms with Crippen LogP contribution in [-0.4, -0.2) is 117 Å². The monoisotopic (exact) mass is 1120 g/mol. The number of nitrogens with one attached hydrogen (secondary N) is 2. The highest BCUT2D eigenvalue weighted by Gasteiger charge is 2.53. The number of halogens is 1. The zero-order chi connectivity index (χ0) is 58.1. The van der Waals surface area contributed by atoms with Crippen LogP contribution in [0.15, 0.2) is 66.2 Å². The Bertz CT molecular complexity index is 2880. The number of alkyl halides is 1. The van der Waals surface area contributed by atoms with Crippen LogP contribution in [0.4, 0.5) is 10.1 Å². The van der Waals surface area contributed by atoms with Crippen LogP contribution in [0, 0.1) is 18.3 Å². The molecule has 4 heterocycles. The number of carboxylic acid groups (broad SMARTS) is 1. The molecule has 1 aromatic heterocycles. The Labute approximate surface area is 471 Å². The van der Waals surface area contributed by atoms with Crippen molar-refractivity contribution in [1.29, 1.82) is 0 Å². The van der Waals surface area contributed by atoms with Gasteiger partial charge in [0.15, 0.2) is 11.5 Å². The zero-order valence-corrected chi connectivity index (χ0v) is 47.6. The SMILES string of the molecule is CC(=O)O.Cc1ncsc1-c1ccc(CNC(=O)[C@@H]2C[C@@H](O)CN2C(=O)[C@@H](NC(=O)C2(F)CC2)C(C)(C)C)c(OCCCCCc2ccc(CO[C@H](C)[C@H](CCC(N)=O)CC(=O)[C@@H]3Cc4cccc5c4N3C(=O)[C@@H](N)CC5)cc2)c1. The minimum Gasteiger partial charge on any atom is -0.493 e. The Balaban J connectivity index is 0.00000223. The fourth-order valence-corrected chi connectivity index (χ4v) is 11.5. The molecule has 20 heteroatoms. The molecule has 1 saturated carbocycles. The molecule has 5 amide bonds. The Kier molecular flexibility index (Phi) is 20.4. The summed E-state index contributed by atoms with van der Waals surface area (Å²) in [4.78, 5) is 97.4. The molecule has 8 rings (SSSR count). The molecule has 4 aliphatic rings. The number of carboxylic acids is 1. The Morgan fingerprint density at radius 1 is 0.988 bits per heavy atom. The van der Waals surface area contributed by atoms with E-state index in [4.69, 9.17) is 30.8 Å². The van der Waals surface area contributed by atoms with E-state index in [0.717, 1.165) is 76.7 Å². The summed E-state index contributed by atoms with van der Waals surface area (Å²) in [7, 11) is 0. The number of likely N-dealkylation sites (tertiary alicyclic amines) is 1. The van der Waals surface area contributed by atoms with E-state index in [1.54, 1.807) is 31.2 Å². The highest BCUT2D eigenvalue weighted by Crippen LogP contribution is 2.42. The number of benzene rings is 3. The number of hydrogen-bond donors (Lipinski definition) is 6. The largest absolute Gasteiger partial charge is 0.493 e. The predicted octanol–water partition coefficient (Wildman–Crippen LogP) is 6.59. The zero-order valence-electron chi connectivity index (χ0n) is 46.8. The lowest BCUT2D eigenvalue weighted by Crippen LogP contribution is -2.59. The van der Waals surface area contributed by atoms with E-state index in [9.17, 15) is 38.3 Å². The second kappa shape index (κ2) is 26.8. The van der Waals surface area contributed by atoms with Crippen molar-refractivity contribution < 1.29 is 57.6 Å². The Morgan fingerprint density at radius 3 is 2.35 bits per heavy atom. The number of nitrogens with zero attached hydrogens (tertiary/aromatic N) is 3. The number of amides is 5. The van der Waals surface area contributed by atoms with Gasteiger partial charge in [0.25, 0.3) is 11.9 Å². The number of Topliss-reactive ketones (excluding diaryl/α,β-unsaturated/α-hetero) is 1. The van der Waals surface area contributed by atoms with Crippen molar-refractivity contribution >= 4 is 58.3 Å². The third-order valence-corrected chi connectivity index (χ3v) is 16.5. The van der Waals surface area contributed by atoms with Gasteiger partial charge in [-0.15, -0.1) is 11.3 Å². The maximum absolute atomic E-state index is 14.7. The van der Waals surface area contributed by atoms with Gasteiger partial charge < -0.3 is 46.7 Å². The lowest BCUT2D eigenvalue weighted by atomic mass is 9.85. The summed E-state index contributed by atoms with van der Waals surface area (Å²) in [5, 5.41) is 23.7. The van der Waals surface area contributed by atoms with E-state index in [1.165, 1.54) is 21.8 Å². The van der Waals surface area contributed by atoms with Crippen molar-refractivity contribution in [1.82, 2.24) is 20.5 Å². The normalized spacial score (nSPS) is 20.1. The lowest BCUT2D eigenvalue weighted by Gasteiger charge is -2.35. The number of para-hydroxylation sites is 1. The number of aliphatic hydroxyl groups is 1. The van der Waals surface area contributed by atoms with Crippen molar-refractivity contribution in [2.24, 2.45) is 22.8 Å². The molecule has 0 unspecified atom stereocenters. The second-order valence-corrected chi connectivity index (χ2v) is 23.7. The van der Waals surface area contributed by atoms with E-state index in [1.807, 2.05) is 62.4 Å². The van der Waals surface area contributed by atoms with E-state index >= 15 is 0 Å². The molecular formula is C60H78FN7O11S. The molecule has 8 N–H and O–H groups in total. The topological polar surface area (TPSA) is 274 Å². The van der Waals surface area contributed by atoms with Crippen molar-refractivity contribution in [3.8, 4) is 16.2 Å². The van der Waals surface area contributed by atoms with Gasteiger partial charge in [-0.25, -0.2) is 9.37 Å². The molecule has 0 spiro atoms. The smallest absolute Gasteiger partial charge is 0.300 e. The molecule has 0 radical (unpaired) electrons. The number of β-amino-alcohol motifs (C(OH)–C–C–N with tert-alkyl or cyclic N) is 1. The summed E-state index contributed by atoms with van der Waals surface area (Å²) in [5.41, 5.74) is 18.4. The van der Waals surface area contributed by atoms with Gasteiger partial charge in [0.05, 0.1) is 59.3 Å². The molecule has 4 aromatic rings. The molecule has 18 nitrogen and oxygen atoms in total. The number of carbonyl (C=O) groups excluding carboxylic acids is 6. The van der Waals surface area contributed by atoms with Crippen LogP contribution in [0.25, 0.3) is 10.4 Å². The molecule has 3 aliphatic heterocycles. The van der Waals surface area contributed by atoms with Crippen molar-refractivity contribution in [2.75, 3.05) is 18.1 Å². The quantitative estimate of drug-likeness (QED) is 0.0405. The summed E-state index contributed by atoms with van der Waals surface area (Å²) in [6.45, 7) is 11.0. The number of anilines is 1. The average molecular weight is 1120 g/mol. The van der Waals surface area contributed by atoms with Gasteiger partial charge in [-0.3, -0.25) is 38.5 Å². The van der Waals surface area contributed by atoms with Gasteiger partial charge in [0.2, 0.25) is 23.6 Å².